The Morgan fingerprint density at radius 2 is 1.65 bits per heavy atom. The van der Waals surface area contributed by atoms with Gasteiger partial charge < -0.3 is 15.4 Å². The summed E-state index contributed by atoms with van der Waals surface area (Å²) in [5.74, 6) is -0.860. The molecule has 0 bridgehead atoms. The van der Waals surface area contributed by atoms with Gasteiger partial charge in [-0.25, -0.2) is 4.79 Å². The Bertz CT molecular complexity index is 863. The number of carbonyl (C=O) groups is 2. The fourth-order valence-corrected chi connectivity index (χ4v) is 3.03. The molecule has 6 heteroatoms. The van der Waals surface area contributed by atoms with Crippen LogP contribution in [-0.4, -0.2) is 23.5 Å². The smallest absolute Gasteiger partial charge is 0.355 e. The van der Waals surface area contributed by atoms with E-state index < -0.39 is 12.0 Å². The molecule has 1 aliphatic rings. The van der Waals surface area contributed by atoms with Crippen LogP contribution < -0.4 is 10.6 Å². The summed E-state index contributed by atoms with van der Waals surface area (Å²) in [6.45, 7) is 1.91. The molecule has 0 aliphatic carbocycles. The summed E-state index contributed by atoms with van der Waals surface area (Å²) in [4.78, 5) is 25.7. The highest BCUT2D eigenvalue weighted by atomic mass is 32.1. The van der Waals surface area contributed by atoms with E-state index in [-0.39, 0.29) is 28.8 Å². The number of Topliss-reactive ketones (excluding diaryl/α,β-unsaturated/α-hetero) is 1. The summed E-state index contributed by atoms with van der Waals surface area (Å²) in [6, 6.07) is 17.7. The van der Waals surface area contributed by atoms with Gasteiger partial charge in [0, 0.05) is 5.56 Å². The highest BCUT2D eigenvalue weighted by molar-refractivity contribution is 7.80. The molecule has 0 radical (unpaired) electrons. The topological polar surface area (TPSA) is 67.4 Å². The molecule has 1 aliphatic heterocycles. The van der Waals surface area contributed by atoms with Crippen molar-refractivity contribution in [3.8, 4) is 0 Å². The molecule has 0 unspecified atom stereocenters. The van der Waals surface area contributed by atoms with Gasteiger partial charge in [-0.2, -0.15) is 0 Å². The van der Waals surface area contributed by atoms with Gasteiger partial charge in [-0.1, -0.05) is 60.7 Å². The Balaban J connectivity index is 2.16. The first kappa shape index (κ1) is 17.8. The quantitative estimate of drug-likeness (QED) is 0.482. The number of ether oxygens (including phenoxy) is 1. The minimum atomic E-state index is -0.600. The monoisotopic (exact) mass is 366 g/mol. The standard InChI is InChI=1S/C20H18N2O3S/c1-2-25-19(24)17-15(18(23)14-11-7-4-8-12-14)16(21-20(26)22-17)13-9-5-3-6-10-13/h3-12,16H,2H2,1H3,(H2,21,22,26)/t16-/m1/s1. The molecule has 2 N–H and O–H groups in total. The van der Waals surface area contributed by atoms with E-state index in [1.165, 1.54) is 0 Å². The zero-order valence-electron chi connectivity index (χ0n) is 14.2. The molecule has 0 saturated heterocycles. The number of thiocarbonyl (C=S) groups is 1. The van der Waals surface area contributed by atoms with Gasteiger partial charge in [0.15, 0.2) is 10.9 Å². The van der Waals surface area contributed by atoms with E-state index >= 15 is 0 Å². The van der Waals surface area contributed by atoms with Crippen LogP contribution in [0.15, 0.2) is 71.9 Å². The third kappa shape index (κ3) is 3.65. The molecular formula is C20H18N2O3S. The van der Waals surface area contributed by atoms with Crippen molar-refractivity contribution in [2.24, 2.45) is 0 Å². The Kier molecular flexibility index (Phi) is 5.43. The maximum absolute atomic E-state index is 13.2. The van der Waals surface area contributed by atoms with Gasteiger partial charge in [-0.05, 0) is 24.7 Å². The number of carbonyl (C=O) groups excluding carboxylic acids is 2. The number of hydrogen-bond acceptors (Lipinski definition) is 4. The van der Waals surface area contributed by atoms with Crippen LogP contribution >= 0.6 is 12.2 Å². The van der Waals surface area contributed by atoms with Crippen molar-refractivity contribution in [2.75, 3.05) is 6.61 Å². The Hall–Kier alpha value is -2.99. The zero-order valence-corrected chi connectivity index (χ0v) is 15.0. The predicted molar refractivity (Wildman–Crippen MR) is 102 cm³/mol. The average Bonchev–Trinajstić information content (AvgIpc) is 2.68. The van der Waals surface area contributed by atoms with Crippen LogP contribution in [0, 0.1) is 0 Å². The molecule has 2 aromatic carbocycles. The summed E-state index contributed by atoms with van der Waals surface area (Å²) in [5.41, 5.74) is 1.69. The van der Waals surface area contributed by atoms with Crippen molar-refractivity contribution < 1.29 is 14.3 Å². The molecule has 0 saturated carbocycles. The number of rotatable bonds is 5. The van der Waals surface area contributed by atoms with Crippen molar-refractivity contribution in [1.29, 1.82) is 0 Å². The van der Waals surface area contributed by atoms with Gasteiger partial charge in [-0.15, -0.1) is 0 Å². The fraction of sp³-hybridized carbons (Fsp3) is 0.150. The van der Waals surface area contributed by atoms with Gasteiger partial charge in [-0.3, -0.25) is 4.79 Å². The van der Waals surface area contributed by atoms with Crippen molar-refractivity contribution >= 4 is 29.1 Å². The summed E-state index contributed by atoms with van der Waals surface area (Å²) >= 11 is 5.24. The first-order valence-electron chi connectivity index (χ1n) is 8.25. The summed E-state index contributed by atoms with van der Waals surface area (Å²) in [5, 5.41) is 6.17. The van der Waals surface area contributed by atoms with Gasteiger partial charge in [0.05, 0.1) is 18.2 Å². The Morgan fingerprint density at radius 3 is 2.27 bits per heavy atom. The largest absolute Gasteiger partial charge is 0.461 e. The summed E-state index contributed by atoms with van der Waals surface area (Å²) in [6.07, 6.45) is 0. The van der Waals surface area contributed by atoms with Crippen LogP contribution in [0.1, 0.15) is 28.9 Å². The second-order valence-electron chi connectivity index (χ2n) is 5.65. The van der Waals surface area contributed by atoms with Crippen molar-refractivity contribution in [3.63, 3.8) is 0 Å². The van der Waals surface area contributed by atoms with E-state index in [2.05, 4.69) is 10.6 Å². The van der Waals surface area contributed by atoms with Crippen molar-refractivity contribution in [1.82, 2.24) is 10.6 Å². The molecule has 1 heterocycles. The lowest BCUT2D eigenvalue weighted by Crippen LogP contribution is -2.47. The first-order chi connectivity index (χ1) is 12.6. The minimum absolute atomic E-state index is 0.0818. The molecule has 1 atom stereocenters. The van der Waals surface area contributed by atoms with Gasteiger partial charge in [0.1, 0.15) is 5.70 Å². The lowest BCUT2D eigenvalue weighted by molar-refractivity contribution is -0.138. The van der Waals surface area contributed by atoms with Crippen molar-refractivity contribution in [3.05, 3.63) is 83.1 Å². The molecule has 3 rings (SSSR count). The number of nitrogens with one attached hydrogen (secondary N) is 2. The molecule has 0 fully saturated rings. The van der Waals surface area contributed by atoms with Gasteiger partial charge in [0.25, 0.3) is 0 Å². The van der Waals surface area contributed by atoms with E-state index in [9.17, 15) is 9.59 Å². The third-order valence-electron chi connectivity index (χ3n) is 3.97. The number of ketones is 1. The lowest BCUT2D eigenvalue weighted by Gasteiger charge is -2.30. The van der Waals surface area contributed by atoms with Crippen LogP contribution in [0.3, 0.4) is 0 Å². The lowest BCUT2D eigenvalue weighted by atomic mass is 9.89. The second kappa shape index (κ2) is 7.93. The van der Waals surface area contributed by atoms with Crippen molar-refractivity contribution in [2.45, 2.75) is 13.0 Å². The van der Waals surface area contributed by atoms with Crippen LogP contribution in [0.2, 0.25) is 0 Å². The van der Waals surface area contributed by atoms with Crippen LogP contribution in [0.4, 0.5) is 0 Å². The predicted octanol–water partition coefficient (Wildman–Crippen LogP) is 2.91. The van der Waals surface area contributed by atoms with Crippen LogP contribution in [-0.2, 0) is 9.53 Å². The fourth-order valence-electron chi connectivity index (χ4n) is 2.81. The Morgan fingerprint density at radius 1 is 1.04 bits per heavy atom. The van der Waals surface area contributed by atoms with E-state index in [1.54, 1.807) is 31.2 Å². The normalized spacial score (nSPS) is 16.5. The van der Waals surface area contributed by atoms with Gasteiger partial charge in [0.2, 0.25) is 0 Å². The Labute approximate surface area is 157 Å². The average molecular weight is 366 g/mol. The molecule has 2 aromatic rings. The van der Waals surface area contributed by atoms with E-state index in [4.69, 9.17) is 17.0 Å². The highest BCUT2D eigenvalue weighted by Crippen LogP contribution is 2.30. The van der Waals surface area contributed by atoms with Gasteiger partial charge >= 0.3 is 5.97 Å². The third-order valence-corrected chi connectivity index (χ3v) is 4.18. The van der Waals surface area contributed by atoms with E-state index in [0.717, 1.165) is 5.56 Å². The zero-order chi connectivity index (χ0) is 18.5. The highest BCUT2D eigenvalue weighted by Gasteiger charge is 2.35. The maximum atomic E-state index is 13.2. The molecule has 5 nitrogen and oxygen atoms in total. The maximum Gasteiger partial charge on any atom is 0.355 e. The SMILES string of the molecule is CCOC(=O)C1=C(C(=O)c2ccccc2)[C@@H](c2ccccc2)NC(=S)N1. The number of benzene rings is 2. The molecule has 26 heavy (non-hydrogen) atoms. The van der Waals surface area contributed by atoms with E-state index in [0.29, 0.717) is 5.56 Å². The van der Waals surface area contributed by atoms with Crippen LogP contribution in [0.25, 0.3) is 0 Å². The number of esters is 1. The number of hydrogen-bond donors (Lipinski definition) is 2. The molecule has 0 aromatic heterocycles. The molecule has 0 amide bonds. The van der Waals surface area contributed by atoms with Crippen LogP contribution in [0.5, 0.6) is 0 Å². The van der Waals surface area contributed by atoms with E-state index in [1.807, 2.05) is 36.4 Å². The molecular weight excluding hydrogens is 348 g/mol. The summed E-state index contributed by atoms with van der Waals surface area (Å²) in [7, 11) is 0. The molecule has 132 valence electrons. The molecule has 0 spiro atoms. The minimum Gasteiger partial charge on any atom is -0.461 e. The summed E-state index contributed by atoms with van der Waals surface area (Å²) < 4.78 is 5.13. The first-order valence-corrected chi connectivity index (χ1v) is 8.66. The second-order valence-corrected chi connectivity index (χ2v) is 6.05.